The Balaban J connectivity index is 0.00000264. The minimum absolute atomic E-state index is 0. The Morgan fingerprint density at radius 1 is 1.26 bits per heavy atom. The van der Waals surface area contributed by atoms with E-state index in [1.807, 2.05) is 0 Å². The SMILES string of the molecule is Cl.O=S(=O)(NCC1CCCCN1)c1ccccc1OC(F)(F)F. The summed E-state index contributed by atoms with van der Waals surface area (Å²) in [6, 6.07) is 4.66. The summed E-state index contributed by atoms with van der Waals surface area (Å²) in [7, 11) is -4.08. The van der Waals surface area contributed by atoms with Crippen LogP contribution in [0.15, 0.2) is 29.2 Å². The van der Waals surface area contributed by atoms with Gasteiger partial charge in [-0.3, -0.25) is 0 Å². The summed E-state index contributed by atoms with van der Waals surface area (Å²) in [5.41, 5.74) is 0. The minimum atomic E-state index is -4.95. The molecule has 10 heteroatoms. The number of piperidine rings is 1. The number of alkyl halides is 3. The van der Waals surface area contributed by atoms with Crippen molar-refractivity contribution in [2.45, 2.75) is 36.6 Å². The maximum Gasteiger partial charge on any atom is 0.573 e. The topological polar surface area (TPSA) is 67.4 Å². The second kappa shape index (κ2) is 8.18. The first-order valence-corrected chi connectivity index (χ1v) is 8.34. The molecular weight excluding hydrogens is 357 g/mol. The molecule has 1 fully saturated rings. The van der Waals surface area contributed by atoms with Gasteiger partial charge in [-0.25, -0.2) is 13.1 Å². The van der Waals surface area contributed by atoms with Crippen molar-refractivity contribution in [1.29, 1.82) is 0 Å². The van der Waals surface area contributed by atoms with E-state index in [9.17, 15) is 21.6 Å². The first-order valence-electron chi connectivity index (χ1n) is 6.86. The van der Waals surface area contributed by atoms with Crippen LogP contribution >= 0.6 is 12.4 Å². The third-order valence-corrected chi connectivity index (χ3v) is 4.76. The minimum Gasteiger partial charge on any atom is -0.404 e. The van der Waals surface area contributed by atoms with Gasteiger partial charge in [0.15, 0.2) is 0 Å². The summed E-state index contributed by atoms with van der Waals surface area (Å²) >= 11 is 0. The standard InChI is InChI=1S/C13H17F3N2O3S.ClH/c14-13(15,16)21-11-6-1-2-7-12(11)22(19,20)18-9-10-5-3-4-8-17-10;/h1-2,6-7,10,17-18H,3-5,8-9H2;1H. The monoisotopic (exact) mass is 374 g/mol. The molecule has 1 saturated heterocycles. The molecule has 2 rings (SSSR count). The number of hydrogen-bond acceptors (Lipinski definition) is 4. The van der Waals surface area contributed by atoms with Gasteiger partial charge in [-0.05, 0) is 31.5 Å². The Bertz CT molecular complexity index is 605. The molecule has 0 aliphatic carbocycles. The summed E-state index contributed by atoms with van der Waals surface area (Å²) in [4.78, 5) is -0.525. The van der Waals surface area contributed by atoms with Gasteiger partial charge in [0.1, 0.15) is 10.6 Å². The van der Waals surface area contributed by atoms with Gasteiger partial charge in [0.05, 0.1) is 0 Å². The normalized spacial score (nSPS) is 19.0. The quantitative estimate of drug-likeness (QED) is 0.830. The number of hydrogen-bond donors (Lipinski definition) is 2. The molecule has 1 aromatic rings. The first-order chi connectivity index (χ1) is 10.3. The Kier molecular flexibility index (Phi) is 7.12. The lowest BCUT2D eigenvalue weighted by molar-refractivity contribution is -0.275. The van der Waals surface area contributed by atoms with Crippen LogP contribution in [0.5, 0.6) is 5.75 Å². The van der Waals surface area contributed by atoms with Crippen LogP contribution in [-0.2, 0) is 10.0 Å². The van der Waals surface area contributed by atoms with Gasteiger partial charge in [0, 0.05) is 12.6 Å². The highest BCUT2D eigenvalue weighted by atomic mass is 35.5. The van der Waals surface area contributed by atoms with Crippen molar-refractivity contribution in [3.05, 3.63) is 24.3 Å². The highest BCUT2D eigenvalue weighted by molar-refractivity contribution is 7.89. The Morgan fingerprint density at radius 3 is 2.57 bits per heavy atom. The molecule has 5 nitrogen and oxygen atoms in total. The smallest absolute Gasteiger partial charge is 0.404 e. The molecule has 1 heterocycles. The highest BCUT2D eigenvalue weighted by Crippen LogP contribution is 2.29. The van der Waals surface area contributed by atoms with Crippen LogP contribution in [0.4, 0.5) is 13.2 Å². The van der Waals surface area contributed by atoms with Crippen molar-refractivity contribution >= 4 is 22.4 Å². The molecule has 1 aliphatic heterocycles. The van der Waals surface area contributed by atoms with Gasteiger partial charge in [-0.2, -0.15) is 0 Å². The first kappa shape index (κ1) is 20.0. The molecular formula is C13H18ClF3N2O3S. The summed E-state index contributed by atoms with van der Waals surface area (Å²) in [6.07, 6.45) is -2.10. The van der Waals surface area contributed by atoms with E-state index in [1.165, 1.54) is 12.1 Å². The van der Waals surface area contributed by atoms with E-state index in [1.54, 1.807) is 0 Å². The predicted octanol–water partition coefficient (Wildman–Crippen LogP) is 2.43. The summed E-state index contributed by atoms with van der Waals surface area (Å²) < 4.78 is 67.5. The van der Waals surface area contributed by atoms with E-state index in [2.05, 4.69) is 14.8 Å². The van der Waals surface area contributed by atoms with Crippen LogP contribution in [0.25, 0.3) is 0 Å². The van der Waals surface area contributed by atoms with Crippen LogP contribution in [0, 0.1) is 0 Å². The van der Waals surface area contributed by atoms with Gasteiger partial charge in [0.25, 0.3) is 0 Å². The third kappa shape index (κ3) is 6.17. The van der Waals surface area contributed by atoms with Crippen LogP contribution in [-0.4, -0.2) is 33.9 Å². The largest absolute Gasteiger partial charge is 0.573 e. The van der Waals surface area contributed by atoms with Gasteiger partial charge in [0.2, 0.25) is 10.0 Å². The molecule has 1 unspecified atom stereocenters. The molecule has 0 saturated carbocycles. The lowest BCUT2D eigenvalue weighted by Crippen LogP contribution is -2.43. The van der Waals surface area contributed by atoms with E-state index in [4.69, 9.17) is 0 Å². The Labute approximate surface area is 139 Å². The van der Waals surface area contributed by atoms with Gasteiger partial charge >= 0.3 is 6.36 Å². The highest BCUT2D eigenvalue weighted by Gasteiger charge is 2.34. The number of ether oxygens (including phenoxy) is 1. The number of para-hydroxylation sites is 1. The van der Waals surface area contributed by atoms with Crippen molar-refractivity contribution in [2.24, 2.45) is 0 Å². The molecule has 0 radical (unpaired) electrons. The van der Waals surface area contributed by atoms with Crippen molar-refractivity contribution in [1.82, 2.24) is 10.0 Å². The van der Waals surface area contributed by atoms with Gasteiger partial charge in [-0.1, -0.05) is 18.6 Å². The molecule has 23 heavy (non-hydrogen) atoms. The predicted molar refractivity (Wildman–Crippen MR) is 81.2 cm³/mol. The molecule has 1 aromatic carbocycles. The number of rotatable bonds is 5. The fourth-order valence-corrected chi connectivity index (χ4v) is 3.48. The lowest BCUT2D eigenvalue weighted by atomic mass is 10.1. The van der Waals surface area contributed by atoms with Crippen molar-refractivity contribution in [2.75, 3.05) is 13.1 Å². The van der Waals surface area contributed by atoms with Crippen LogP contribution in [0.1, 0.15) is 19.3 Å². The summed E-state index contributed by atoms with van der Waals surface area (Å²) in [5, 5.41) is 3.16. The number of benzene rings is 1. The molecule has 2 N–H and O–H groups in total. The number of halogens is 4. The molecule has 1 aliphatic rings. The fourth-order valence-electron chi connectivity index (χ4n) is 2.27. The molecule has 132 valence electrons. The maximum atomic E-state index is 12.3. The average Bonchev–Trinajstić information content (AvgIpc) is 2.45. The third-order valence-electron chi connectivity index (χ3n) is 3.30. The van der Waals surface area contributed by atoms with E-state index in [-0.39, 0.29) is 25.0 Å². The number of nitrogens with one attached hydrogen (secondary N) is 2. The molecule has 0 amide bonds. The second-order valence-electron chi connectivity index (χ2n) is 4.99. The zero-order chi connectivity index (χ0) is 16.2. The van der Waals surface area contributed by atoms with Crippen LogP contribution < -0.4 is 14.8 Å². The average molecular weight is 375 g/mol. The van der Waals surface area contributed by atoms with Crippen LogP contribution in [0.3, 0.4) is 0 Å². The molecule has 0 bridgehead atoms. The zero-order valence-electron chi connectivity index (χ0n) is 12.1. The Hall–Kier alpha value is -1.03. The van der Waals surface area contributed by atoms with E-state index < -0.39 is 27.0 Å². The zero-order valence-corrected chi connectivity index (χ0v) is 13.7. The Morgan fingerprint density at radius 2 is 1.96 bits per heavy atom. The summed E-state index contributed by atoms with van der Waals surface area (Å²) in [6.45, 7) is 0.933. The molecule has 1 atom stereocenters. The summed E-state index contributed by atoms with van der Waals surface area (Å²) in [5.74, 6) is -0.737. The van der Waals surface area contributed by atoms with E-state index in [0.29, 0.717) is 0 Å². The van der Waals surface area contributed by atoms with Gasteiger partial charge in [-0.15, -0.1) is 25.6 Å². The van der Waals surface area contributed by atoms with E-state index in [0.717, 1.165) is 37.9 Å². The van der Waals surface area contributed by atoms with E-state index >= 15 is 0 Å². The van der Waals surface area contributed by atoms with Crippen LogP contribution in [0.2, 0.25) is 0 Å². The van der Waals surface area contributed by atoms with Crippen molar-refractivity contribution < 1.29 is 26.3 Å². The second-order valence-corrected chi connectivity index (χ2v) is 6.73. The lowest BCUT2D eigenvalue weighted by Gasteiger charge is -2.23. The van der Waals surface area contributed by atoms with Crippen molar-refractivity contribution in [3.63, 3.8) is 0 Å². The molecule has 0 spiro atoms. The fraction of sp³-hybridized carbons (Fsp3) is 0.538. The maximum absolute atomic E-state index is 12.3. The van der Waals surface area contributed by atoms with Crippen molar-refractivity contribution in [3.8, 4) is 5.75 Å². The number of sulfonamides is 1. The van der Waals surface area contributed by atoms with Gasteiger partial charge < -0.3 is 10.1 Å². The molecule has 0 aromatic heterocycles.